The van der Waals surface area contributed by atoms with Crippen LogP contribution in [0.4, 0.5) is 9.18 Å². The maximum atomic E-state index is 13.1. The molecule has 2 N–H and O–H groups in total. The van der Waals surface area contributed by atoms with Gasteiger partial charge < -0.3 is 10.4 Å². The Morgan fingerprint density at radius 3 is 2.48 bits per heavy atom. The number of carboxylic acid groups (broad SMARTS) is 1. The van der Waals surface area contributed by atoms with Gasteiger partial charge in [0.1, 0.15) is 5.82 Å². The largest absolute Gasteiger partial charge is 0.465 e. The van der Waals surface area contributed by atoms with E-state index >= 15 is 0 Å². The van der Waals surface area contributed by atoms with E-state index in [0.717, 1.165) is 35.1 Å². The van der Waals surface area contributed by atoms with Crippen LogP contribution >= 0.6 is 0 Å². The maximum Gasteiger partial charge on any atom is 0.405 e. The molecule has 0 aliphatic heterocycles. The first-order chi connectivity index (χ1) is 10.9. The summed E-state index contributed by atoms with van der Waals surface area (Å²) in [6.45, 7) is 4.18. The van der Waals surface area contributed by atoms with Crippen LogP contribution in [0.1, 0.15) is 37.4 Å². The molecule has 2 aromatic rings. The molecule has 0 saturated carbocycles. The van der Waals surface area contributed by atoms with E-state index in [1.54, 1.807) is 12.1 Å². The SMILES string of the molecule is CC1(C)CCc2cc(-c3ccc(F)cc3)ccc2[C@H]1NC(=O)O. The second-order valence-corrected chi connectivity index (χ2v) is 6.79. The number of aryl methyl sites for hydroxylation is 1. The molecule has 0 saturated heterocycles. The van der Waals surface area contributed by atoms with Crippen molar-refractivity contribution in [2.45, 2.75) is 32.7 Å². The Morgan fingerprint density at radius 1 is 1.17 bits per heavy atom. The standard InChI is InChI=1S/C19H20FNO2/c1-19(2)10-9-14-11-13(12-3-6-15(20)7-4-12)5-8-16(14)17(19)21-18(22)23/h3-8,11,17,21H,9-10H2,1-2H3,(H,22,23)/t17-/m1/s1. The minimum Gasteiger partial charge on any atom is -0.465 e. The highest BCUT2D eigenvalue weighted by Crippen LogP contribution is 2.44. The summed E-state index contributed by atoms with van der Waals surface area (Å²) in [7, 11) is 0. The average Bonchev–Trinajstić information content (AvgIpc) is 2.50. The molecule has 0 spiro atoms. The zero-order chi connectivity index (χ0) is 16.6. The van der Waals surface area contributed by atoms with Crippen molar-refractivity contribution in [3.63, 3.8) is 0 Å². The molecular formula is C19H20FNO2. The van der Waals surface area contributed by atoms with Gasteiger partial charge in [0.05, 0.1) is 6.04 Å². The van der Waals surface area contributed by atoms with E-state index in [2.05, 4.69) is 25.2 Å². The first-order valence-electron chi connectivity index (χ1n) is 7.75. The second-order valence-electron chi connectivity index (χ2n) is 6.79. The Kier molecular flexibility index (Phi) is 3.84. The highest BCUT2D eigenvalue weighted by molar-refractivity contribution is 5.68. The zero-order valence-electron chi connectivity index (χ0n) is 13.3. The van der Waals surface area contributed by atoms with Crippen molar-refractivity contribution in [3.8, 4) is 11.1 Å². The molecule has 1 atom stereocenters. The van der Waals surface area contributed by atoms with Gasteiger partial charge in [-0.05, 0) is 52.6 Å². The van der Waals surface area contributed by atoms with Gasteiger partial charge in [0.2, 0.25) is 0 Å². The molecule has 3 rings (SSSR count). The van der Waals surface area contributed by atoms with Crippen LogP contribution < -0.4 is 5.32 Å². The Morgan fingerprint density at radius 2 is 1.83 bits per heavy atom. The monoisotopic (exact) mass is 313 g/mol. The van der Waals surface area contributed by atoms with Crippen LogP contribution in [0.15, 0.2) is 42.5 Å². The van der Waals surface area contributed by atoms with Crippen LogP contribution in [0.2, 0.25) is 0 Å². The summed E-state index contributed by atoms with van der Waals surface area (Å²) in [5, 5.41) is 11.8. The van der Waals surface area contributed by atoms with Crippen molar-refractivity contribution in [2.75, 3.05) is 0 Å². The highest BCUT2D eigenvalue weighted by atomic mass is 19.1. The van der Waals surface area contributed by atoms with Crippen molar-refractivity contribution < 1.29 is 14.3 Å². The Labute approximate surface area is 135 Å². The van der Waals surface area contributed by atoms with Crippen molar-refractivity contribution in [1.29, 1.82) is 0 Å². The quantitative estimate of drug-likeness (QED) is 0.838. The van der Waals surface area contributed by atoms with Crippen molar-refractivity contribution in [3.05, 3.63) is 59.4 Å². The second kappa shape index (κ2) is 5.69. The summed E-state index contributed by atoms with van der Waals surface area (Å²) in [5.74, 6) is -0.251. The van der Waals surface area contributed by atoms with E-state index in [0.29, 0.717) is 0 Å². The molecule has 1 amide bonds. The molecule has 4 heteroatoms. The highest BCUT2D eigenvalue weighted by Gasteiger charge is 2.36. The van der Waals surface area contributed by atoms with E-state index in [1.807, 2.05) is 12.1 Å². The summed E-state index contributed by atoms with van der Waals surface area (Å²) in [5.41, 5.74) is 4.06. The van der Waals surface area contributed by atoms with Crippen LogP contribution in [0, 0.1) is 11.2 Å². The lowest BCUT2D eigenvalue weighted by Crippen LogP contribution is -2.40. The van der Waals surface area contributed by atoms with Crippen LogP contribution in [0.5, 0.6) is 0 Å². The lowest BCUT2D eigenvalue weighted by molar-refractivity contribution is 0.161. The topological polar surface area (TPSA) is 49.3 Å². The number of benzene rings is 2. The lowest BCUT2D eigenvalue weighted by atomic mass is 9.70. The van der Waals surface area contributed by atoms with Crippen molar-refractivity contribution in [1.82, 2.24) is 5.32 Å². The van der Waals surface area contributed by atoms with Gasteiger partial charge in [-0.3, -0.25) is 0 Å². The van der Waals surface area contributed by atoms with Gasteiger partial charge in [-0.25, -0.2) is 9.18 Å². The van der Waals surface area contributed by atoms with Crippen LogP contribution in [0.3, 0.4) is 0 Å². The summed E-state index contributed by atoms with van der Waals surface area (Å²) in [4.78, 5) is 11.1. The fourth-order valence-electron chi connectivity index (χ4n) is 3.34. The number of rotatable bonds is 2. The molecule has 23 heavy (non-hydrogen) atoms. The van der Waals surface area contributed by atoms with Gasteiger partial charge in [0.25, 0.3) is 0 Å². The summed E-state index contributed by atoms with van der Waals surface area (Å²) < 4.78 is 13.1. The molecule has 3 nitrogen and oxygen atoms in total. The van der Waals surface area contributed by atoms with Gasteiger partial charge in [0, 0.05) is 0 Å². The number of halogens is 1. The minimum atomic E-state index is -1.00. The third-order valence-corrected chi connectivity index (χ3v) is 4.72. The fourth-order valence-corrected chi connectivity index (χ4v) is 3.34. The number of hydrogen-bond donors (Lipinski definition) is 2. The molecule has 2 aromatic carbocycles. The average molecular weight is 313 g/mol. The molecule has 0 unspecified atom stereocenters. The Balaban J connectivity index is 2.00. The van der Waals surface area contributed by atoms with Crippen LogP contribution in [-0.2, 0) is 6.42 Å². The summed E-state index contributed by atoms with van der Waals surface area (Å²) in [6.07, 6.45) is 0.825. The number of hydrogen-bond acceptors (Lipinski definition) is 1. The molecule has 0 heterocycles. The van der Waals surface area contributed by atoms with Gasteiger partial charge in [-0.2, -0.15) is 0 Å². The summed E-state index contributed by atoms with van der Waals surface area (Å²) in [6, 6.07) is 12.3. The number of carbonyl (C=O) groups is 1. The number of amides is 1. The third kappa shape index (κ3) is 3.07. The van der Waals surface area contributed by atoms with Crippen LogP contribution in [-0.4, -0.2) is 11.2 Å². The minimum absolute atomic E-state index is 0.122. The molecule has 0 bridgehead atoms. The molecule has 0 aromatic heterocycles. The van der Waals surface area contributed by atoms with E-state index in [9.17, 15) is 9.18 Å². The maximum absolute atomic E-state index is 13.1. The van der Waals surface area contributed by atoms with E-state index in [4.69, 9.17) is 5.11 Å². The number of nitrogens with one attached hydrogen (secondary N) is 1. The molecule has 1 aliphatic carbocycles. The molecular weight excluding hydrogens is 293 g/mol. The first-order valence-corrected chi connectivity index (χ1v) is 7.75. The third-order valence-electron chi connectivity index (χ3n) is 4.72. The predicted octanol–water partition coefficient (Wildman–Crippen LogP) is 4.77. The normalized spacial score (nSPS) is 19.0. The summed E-state index contributed by atoms with van der Waals surface area (Å²) >= 11 is 0. The van der Waals surface area contributed by atoms with Gasteiger partial charge >= 0.3 is 6.09 Å². The lowest BCUT2D eigenvalue weighted by Gasteiger charge is -2.40. The molecule has 120 valence electrons. The van der Waals surface area contributed by atoms with E-state index < -0.39 is 6.09 Å². The number of fused-ring (bicyclic) bond motifs is 1. The smallest absolute Gasteiger partial charge is 0.405 e. The van der Waals surface area contributed by atoms with E-state index in [-0.39, 0.29) is 17.3 Å². The van der Waals surface area contributed by atoms with Crippen molar-refractivity contribution in [2.24, 2.45) is 5.41 Å². The molecule has 0 fully saturated rings. The van der Waals surface area contributed by atoms with Crippen LogP contribution in [0.25, 0.3) is 11.1 Å². The fraction of sp³-hybridized carbons (Fsp3) is 0.316. The molecule has 0 radical (unpaired) electrons. The van der Waals surface area contributed by atoms with Crippen molar-refractivity contribution >= 4 is 6.09 Å². The van der Waals surface area contributed by atoms with Gasteiger partial charge in [-0.15, -0.1) is 0 Å². The first kappa shape index (κ1) is 15.5. The van der Waals surface area contributed by atoms with E-state index in [1.165, 1.54) is 12.1 Å². The van der Waals surface area contributed by atoms with Gasteiger partial charge in [-0.1, -0.05) is 44.2 Å². The predicted molar refractivity (Wildman–Crippen MR) is 87.8 cm³/mol. The Bertz CT molecular complexity index is 738. The molecule has 1 aliphatic rings. The van der Waals surface area contributed by atoms with Gasteiger partial charge in [0.15, 0.2) is 0 Å². The Hall–Kier alpha value is -2.36. The zero-order valence-corrected chi connectivity index (χ0v) is 13.3.